The monoisotopic (exact) mass is 222 g/mol. The minimum Gasteiger partial charge on any atom is -0.337 e. The van der Waals surface area contributed by atoms with Crippen LogP contribution >= 0.6 is 0 Å². The van der Waals surface area contributed by atoms with E-state index in [1.165, 1.54) is 19.3 Å². The van der Waals surface area contributed by atoms with E-state index in [-0.39, 0.29) is 0 Å². The number of likely N-dealkylation sites (N-methyl/N-ethyl adjacent to an activating group) is 1. The third-order valence-corrected chi connectivity index (χ3v) is 3.89. The molecule has 1 aromatic rings. The number of hydrogen-bond acceptors (Lipinski definition) is 3. The minimum atomic E-state index is 0.394. The molecule has 4 heteroatoms. The van der Waals surface area contributed by atoms with Crippen LogP contribution in [0.1, 0.15) is 25.1 Å². The summed E-state index contributed by atoms with van der Waals surface area (Å²) < 4.78 is 2.07. The van der Waals surface area contributed by atoms with Gasteiger partial charge in [0.05, 0.1) is 6.54 Å². The number of aryl methyl sites for hydroxylation is 1. The zero-order valence-corrected chi connectivity index (χ0v) is 10.5. The van der Waals surface area contributed by atoms with E-state index in [4.69, 9.17) is 0 Å². The predicted octanol–water partition coefficient (Wildman–Crippen LogP) is 0.994. The first-order chi connectivity index (χ1) is 7.64. The van der Waals surface area contributed by atoms with Gasteiger partial charge in [0.25, 0.3) is 0 Å². The molecule has 1 fully saturated rings. The number of imidazole rings is 1. The highest BCUT2D eigenvalue weighted by molar-refractivity contribution is 4.98. The second-order valence-corrected chi connectivity index (χ2v) is 5.03. The first kappa shape index (κ1) is 11.6. The maximum absolute atomic E-state index is 4.31. The maximum Gasteiger partial charge on any atom is 0.122 e. The molecule has 4 nitrogen and oxygen atoms in total. The molecule has 16 heavy (non-hydrogen) atoms. The van der Waals surface area contributed by atoms with Crippen molar-refractivity contribution in [1.82, 2.24) is 19.8 Å². The topological polar surface area (TPSA) is 33.1 Å². The van der Waals surface area contributed by atoms with Crippen LogP contribution in [-0.2, 0) is 13.6 Å². The van der Waals surface area contributed by atoms with Crippen LogP contribution < -0.4 is 5.32 Å². The molecule has 90 valence electrons. The molecule has 1 N–H and O–H groups in total. The summed E-state index contributed by atoms with van der Waals surface area (Å²) >= 11 is 0. The van der Waals surface area contributed by atoms with Crippen LogP contribution in [0.3, 0.4) is 0 Å². The zero-order chi connectivity index (χ0) is 11.6. The van der Waals surface area contributed by atoms with Crippen molar-refractivity contribution < 1.29 is 0 Å². The van der Waals surface area contributed by atoms with E-state index in [9.17, 15) is 0 Å². The van der Waals surface area contributed by atoms with Crippen molar-refractivity contribution in [2.45, 2.75) is 31.3 Å². The summed E-state index contributed by atoms with van der Waals surface area (Å²) in [6.45, 7) is 1.92. The molecule has 1 aliphatic rings. The average molecular weight is 222 g/mol. The van der Waals surface area contributed by atoms with Crippen LogP contribution in [-0.4, -0.2) is 40.6 Å². The normalized spacial score (nSPS) is 18.8. The summed E-state index contributed by atoms with van der Waals surface area (Å²) in [5.74, 6) is 1.10. The molecule has 1 heterocycles. The molecule has 0 spiro atoms. The second kappa shape index (κ2) is 4.55. The summed E-state index contributed by atoms with van der Waals surface area (Å²) in [6.07, 6.45) is 7.83. The van der Waals surface area contributed by atoms with E-state index in [0.29, 0.717) is 5.54 Å². The van der Waals surface area contributed by atoms with Crippen molar-refractivity contribution in [2.24, 2.45) is 7.05 Å². The fraction of sp³-hybridized carbons (Fsp3) is 0.750. The van der Waals surface area contributed by atoms with Gasteiger partial charge in [-0.15, -0.1) is 0 Å². The van der Waals surface area contributed by atoms with E-state index < -0.39 is 0 Å². The lowest BCUT2D eigenvalue weighted by Crippen LogP contribution is -2.56. The van der Waals surface area contributed by atoms with Crippen molar-refractivity contribution in [3.05, 3.63) is 18.2 Å². The Labute approximate surface area is 97.7 Å². The van der Waals surface area contributed by atoms with Gasteiger partial charge in [-0.1, -0.05) is 0 Å². The van der Waals surface area contributed by atoms with Crippen LogP contribution in [0.25, 0.3) is 0 Å². The van der Waals surface area contributed by atoms with Gasteiger partial charge in [-0.05, 0) is 33.4 Å². The quantitative estimate of drug-likeness (QED) is 0.806. The van der Waals surface area contributed by atoms with Gasteiger partial charge in [0.15, 0.2) is 0 Å². The molecule has 0 radical (unpaired) electrons. The highest BCUT2D eigenvalue weighted by Gasteiger charge is 2.38. The zero-order valence-electron chi connectivity index (χ0n) is 10.5. The van der Waals surface area contributed by atoms with Crippen LogP contribution in [0.2, 0.25) is 0 Å². The maximum atomic E-state index is 4.31. The Hall–Kier alpha value is -0.870. The third-order valence-electron chi connectivity index (χ3n) is 3.89. The van der Waals surface area contributed by atoms with Crippen molar-refractivity contribution in [3.63, 3.8) is 0 Å². The summed E-state index contributed by atoms with van der Waals surface area (Å²) in [5.41, 5.74) is 0.394. The number of nitrogens with zero attached hydrogens (tertiary/aromatic N) is 3. The van der Waals surface area contributed by atoms with Gasteiger partial charge >= 0.3 is 0 Å². The van der Waals surface area contributed by atoms with E-state index in [1.807, 2.05) is 19.4 Å². The van der Waals surface area contributed by atoms with Crippen LogP contribution in [0.5, 0.6) is 0 Å². The fourth-order valence-corrected chi connectivity index (χ4v) is 2.34. The van der Waals surface area contributed by atoms with Gasteiger partial charge < -0.3 is 14.8 Å². The van der Waals surface area contributed by atoms with Crippen LogP contribution in [0.4, 0.5) is 0 Å². The molecule has 0 amide bonds. The first-order valence-corrected chi connectivity index (χ1v) is 5.98. The molecule has 0 unspecified atom stereocenters. The molecule has 0 saturated heterocycles. The lowest BCUT2D eigenvalue weighted by Gasteiger charge is -2.47. The lowest BCUT2D eigenvalue weighted by molar-refractivity contribution is 0.0596. The van der Waals surface area contributed by atoms with Gasteiger partial charge in [0, 0.05) is 31.5 Å². The Balaban J connectivity index is 1.82. The van der Waals surface area contributed by atoms with Gasteiger partial charge in [-0.25, -0.2) is 4.98 Å². The standard InChI is InChI=1S/C12H22N4/c1-15(2)12(5-4-6-12)10-13-9-11-14-7-8-16(11)3/h7-8,13H,4-6,9-10H2,1-3H3. The molecule has 1 aromatic heterocycles. The molecule has 1 aliphatic carbocycles. The van der Waals surface area contributed by atoms with Gasteiger partial charge in [0.2, 0.25) is 0 Å². The van der Waals surface area contributed by atoms with E-state index in [0.717, 1.165) is 18.9 Å². The van der Waals surface area contributed by atoms with Crippen molar-refractivity contribution >= 4 is 0 Å². The molecule has 0 bridgehead atoms. The van der Waals surface area contributed by atoms with Gasteiger partial charge in [-0.3, -0.25) is 0 Å². The van der Waals surface area contributed by atoms with Crippen LogP contribution in [0.15, 0.2) is 12.4 Å². The van der Waals surface area contributed by atoms with E-state index in [1.54, 1.807) is 0 Å². The first-order valence-electron chi connectivity index (χ1n) is 5.98. The molecule has 0 atom stereocenters. The molecule has 2 rings (SSSR count). The Kier molecular flexibility index (Phi) is 3.30. The fourth-order valence-electron chi connectivity index (χ4n) is 2.34. The Bertz CT molecular complexity index is 339. The van der Waals surface area contributed by atoms with Gasteiger partial charge in [0.1, 0.15) is 5.82 Å². The molecule has 0 aromatic carbocycles. The number of aromatic nitrogens is 2. The van der Waals surface area contributed by atoms with Crippen molar-refractivity contribution in [2.75, 3.05) is 20.6 Å². The highest BCUT2D eigenvalue weighted by Crippen LogP contribution is 2.35. The largest absolute Gasteiger partial charge is 0.337 e. The Morgan fingerprint density at radius 3 is 2.69 bits per heavy atom. The molecule has 1 saturated carbocycles. The lowest BCUT2D eigenvalue weighted by atomic mass is 9.75. The van der Waals surface area contributed by atoms with E-state index in [2.05, 4.69) is 33.9 Å². The summed E-state index contributed by atoms with van der Waals surface area (Å²) in [5, 5.41) is 3.53. The predicted molar refractivity (Wildman–Crippen MR) is 65.2 cm³/mol. The number of rotatable bonds is 5. The van der Waals surface area contributed by atoms with Gasteiger partial charge in [-0.2, -0.15) is 0 Å². The number of hydrogen-bond donors (Lipinski definition) is 1. The summed E-state index contributed by atoms with van der Waals surface area (Å²) in [7, 11) is 6.40. The smallest absolute Gasteiger partial charge is 0.122 e. The van der Waals surface area contributed by atoms with Crippen LogP contribution in [0, 0.1) is 0 Å². The summed E-state index contributed by atoms with van der Waals surface area (Å²) in [4.78, 5) is 6.67. The van der Waals surface area contributed by atoms with Crippen molar-refractivity contribution in [3.8, 4) is 0 Å². The Morgan fingerprint density at radius 1 is 1.50 bits per heavy atom. The highest BCUT2D eigenvalue weighted by atomic mass is 15.2. The van der Waals surface area contributed by atoms with E-state index >= 15 is 0 Å². The average Bonchev–Trinajstić information content (AvgIpc) is 2.55. The molecule has 0 aliphatic heterocycles. The summed E-state index contributed by atoms with van der Waals surface area (Å²) in [6, 6.07) is 0. The minimum absolute atomic E-state index is 0.394. The second-order valence-electron chi connectivity index (χ2n) is 5.03. The molecular weight excluding hydrogens is 200 g/mol. The third kappa shape index (κ3) is 2.13. The molecular formula is C12H22N4. The number of nitrogens with one attached hydrogen (secondary N) is 1. The SMILES string of the molecule is CN(C)C1(CNCc2nccn2C)CCC1. The Morgan fingerprint density at radius 2 is 2.25 bits per heavy atom. The van der Waals surface area contributed by atoms with Crippen molar-refractivity contribution in [1.29, 1.82) is 0 Å².